The highest BCUT2D eigenvalue weighted by molar-refractivity contribution is 7.47. The van der Waals surface area contributed by atoms with Gasteiger partial charge in [0.25, 0.3) is 0 Å². The van der Waals surface area contributed by atoms with Crippen LogP contribution in [0.3, 0.4) is 0 Å². The van der Waals surface area contributed by atoms with E-state index in [0.717, 1.165) is 167 Å². The van der Waals surface area contributed by atoms with Crippen LogP contribution >= 0.6 is 7.82 Å². The first-order chi connectivity index (χ1) is 37.2. The smallest absolute Gasteiger partial charge is 0.462 e. The summed E-state index contributed by atoms with van der Waals surface area (Å²) in [5, 5.41) is 9.82. The number of aliphatic hydroxyl groups is 1. The Balaban J connectivity index is 4.80. The number of hydrogen-bond acceptors (Lipinski definition) is 10. The molecule has 0 radical (unpaired) electrons. The van der Waals surface area contributed by atoms with Crippen LogP contribution in [0.1, 0.15) is 226 Å². The molecule has 76 heavy (non-hydrogen) atoms. The summed E-state index contributed by atoms with van der Waals surface area (Å²) < 4.78 is 39.5. The van der Waals surface area contributed by atoms with Crippen LogP contribution in [0.4, 0.5) is 0 Å². The molecule has 3 atom stereocenters. The summed E-state index contributed by atoms with van der Waals surface area (Å²) in [6.07, 6.45) is 70.1. The maximum absolute atomic E-state index is 12.9. The molecule has 12 heteroatoms. The maximum Gasteiger partial charge on any atom is 0.472 e. The third-order valence-electron chi connectivity index (χ3n) is 11.9. The Morgan fingerprint density at radius 1 is 0.368 bits per heavy atom. The van der Waals surface area contributed by atoms with E-state index in [0.29, 0.717) is 19.3 Å². The molecule has 0 fully saturated rings. The maximum atomic E-state index is 12.9. The van der Waals surface area contributed by atoms with E-state index >= 15 is 0 Å². The summed E-state index contributed by atoms with van der Waals surface area (Å²) in [5.41, 5.74) is 0. The van der Waals surface area contributed by atoms with E-state index in [2.05, 4.69) is 142 Å². The van der Waals surface area contributed by atoms with Gasteiger partial charge in [-0.3, -0.25) is 23.4 Å². The van der Waals surface area contributed by atoms with Gasteiger partial charge in [-0.15, -0.1) is 0 Å². The molecule has 0 aromatic heterocycles. The molecule has 0 bridgehead atoms. The second-order valence-electron chi connectivity index (χ2n) is 19.0. The van der Waals surface area contributed by atoms with Crippen molar-refractivity contribution in [1.29, 1.82) is 0 Å². The van der Waals surface area contributed by atoms with Crippen molar-refractivity contribution in [2.45, 2.75) is 238 Å². The number of rotatable bonds is 53. The molecule has 0 aliphatic rings. The van der Waals surface area contributed by atoms with E-state index in [4.69, 9.17) is 23.3 Å². The summed E-state index contributed by atoms with van der Waals surface area (Å²) in [6.45, 7) is 4.24. The van der Waals surface area contributed by atoms with Gasteiger partial charge >= 0.3 is 25.7 Å². The van der Waals surface area contributed by atoms with E-state index in [-0.39, 0.29) is 25.9 Å². The average molecular weight is 1080 g/mol. The van der Waals surface area contributed by atoms with Crippen molar-refractivity contribution >= 4 is 25.7 Å². The van der Waals surface area contributed by atoms with E-state index in [9.17, 15) is 28.9 Å². The predicted molar refractivity (Wildman–Crippen MR) is 316 cm³/mol. The van der Waals surface area contributed by atoms with Crippen molar-refractivity contribution in [1.82, 2.24) is 0 Å². The van der Waals surface area contributed by atoms with Crippen LogP contribution in [0.5, 0.6) is 0 Å². The topological polar surface area (TPSA) is 155 Å². The lowest BCUT2D eigenvalue weighted by atomic mass is 10.1. The fourth-order valence-electron chi connectivity index (χ4n) is 7.49. The van der Waals surface area contributed by atoms with Gasteiger partial charge in [0.2, 0.25) is 0 Å². The quantitative estimate of drug-likeness (QED) is 0.0197. The Labute approximate surface area is 462 Å². The molecule has 0 aromatic rings. The van der Waals surface area contributed by atoms with Crippen LogP contribution in [0.15, 0.2) is 122 Å². The SMILES string of the molecule is CC/C=C\C/C=C\C/C=C\C/C=C\CCCCCCCCC(=O)OC(COC(=O)CCCCCCC/C=C\C/C=C\C/C=C\CC)COP(=O)(O)OCC(CO)OC(=O)CCCCCCC/C=C\C/C=C\C/C=C\CC. The third kappa shape index (κ3) is 54.7. The van der Waals surface area contributed by atoms with Crippen molar-refractivity contribution in [3.05, 3.63) is 122 Å². The summed E-state index contributed by atoms with van der Waals surface area (Å²) in [7, 11) is -4.77. The molecule has 0 aliphatic heterocycles. The van der Waals surface area contributed by atoms with Gasteiger partial charge < -0.3 is 24.2 Å². The zero-order chi connectivity index (χ0) is 55.5. The molecule has 0 aromatic carbocycles. The molecular formula is C64H105O11P. The van der Waals surface area contributed by atoms with Crippen LogP contribution < -0.4 is 0 Å². The predicted octanol–water partition coefficient (Wildman–Crippen LogP) is 17.6. The van der Waals surface area contributed by atoms with Crippen LogP contribution in [0.25, 0.3) is 0 Å². The number of esters is 3. The van der Waals surface area contributed by atoms with Gasteiger partial charge in [-0.1, -0.05) is 206 Å². The molecule has 0 rings (SSSR count). The number of hydrogen-bond donors (Lipinski definition) is 2. The molecule has 0 aliphatic carbocycles. The third-order valence-corrected chi connectivity index (χ3v) is 12.8. The first-order valence-corrected chi connectivity index (χ1v) is 30.9. The summed E-state index contributed by atoms with van der Waals surface area (Å²) in [6, 6.07) is 0. The standard InChI is InChI=1S/C64H105O11P/c1-4-7-10-13-16-19-22-25-28-29-30-31-34-37-40-43-46-49-52-55-64(68)75-61(57-71-62(66)53-50-47-44-41-38-35-32-26-23-20-17-14-11-8-5-2)59-73-76(69,70)72-58-60(56-65)74-63(67)54-51-48-45-42-39-36-33-27-24-21-18-15-12-9-6-3/h7-12,16-21,25-28,30-33,60-61,65H,4-6,13-15,22-24,29,34-59H2,1-3H3,(H,69,70)/b10-7-,11-8-,12-9-,19-16-,20-17-,21-18-,28-25-,31-30-,32-26-,33-27-. The second kappa shape index (κ2) is 57.1. The fraction of sp³-hybridized carbons (Fsp3) is 0.641. The number of carbonyl (C=O) groups excluding carboxylic acids is 3. The molecule has 432 valence electrons. The van der Waals surface area contributed by atoms with Gasteiger partial charge in [0.15, 0.2) is 6.10 Å². The number of allylic oxidation sites excluding steroid dienone is 20. The van der Waals surface area contributed by atoms with Gasteiger partial charge in [0, 0.05) is 19.3 Å². The first kappa shape index (κ1) is 71.9. The number of phosphoric ester groups is 1. The fourth-order valence-corrected chi connectivity index (χ4v) is 8.28. The van der Waals surface area contributed by atoms with Crippen molar-refractivity contribution < 1.29 is 52.2 Å². The zero-order valence-electron chi connectivity index (χ0n) is 47.7. The van der Waals surface area contributed by atoms with Gasteiger partial charge in [0.05, 0.1) is 19.8 Å². The lowest BCUT2D eigenvalue weighted by molar-refractivity contribution is -0.161. The molecule has 0 amide bonds. The van der Waals surface area contributed by atoms with Crippen molar-refractivity contribution in [2.75, 3.05) is 26.4 Å². The highest BCUT2D eigenvalue weighted by atomic mass is 31.2. The van der Waals surface area contributed by atoms with Crippen LogP contribution in [0.2, 0.25) is 0 Å². The summed E-state index contributed by atoms with van der Waals surface area (Å²) >= 11 is 0. The second-order valence-corrected chi connectivity index (χ2v) is 20.5. The number of carbonyl (C=O) groups is 3. The molecular weight excluding hydrogens is 976 g/mol. The van der Waals surface area contributed by atoms with Gasteiger partial charge in [-0.2, -0.15) is 0 Å². The van der Waals surface area contributed by atoms with Crippen molar-refractivity contribution in [3.8, 4) is 0 Å². The number of unbranched alkanes of at least 4 members (excludes halogenated alkanes) is 16. The number of phosphoric acid groups is 1. The average Bonchev–Trinajstić information content (AvgIpc) is 3.41. The minimum atomic E-state index is -4.77. The Morgan fingerprint density at radius 2 is 0.645 bits per heavy atom. The Kier molecular flexibility index (Phi) is 54.0. The van der Waals surface area contributed by atoms with E-state index in [1.165, 1.54) is 0 Å². The number of aliphatic hydroxyl groups excluding tert-OH is 1. The minimum Gasteiger partial charge on any atom is -0.462 e. The number of ether oxygens (including phenoxy) is 3. The Morgan fingerprint density at radius 3 is 0.987 bits per heavy atom. The van der Waals surface area contributed by atoms with Gasteiger partial charge in [-0.25, -0.2) is 4.57 Å². The van der Waals surface area contributed by atoms with Crippen molar-refractivity contribution in [3.63, 3.8) is 0 Å². The minimum absolute atomic E-state index is 0.140. The normalized spacial score (nSPS) is 14.2. The Hall–Kier alpha value is -4.12. The molecule has 3 unspecified atom stereocenters. The zero-order valence-corrected chi connectivity index (χ0v) is 48.6. The van der Waals surface area contributed by atoms with E-state index in [1.54, 1.807) is 0 Å². The van der Waals surface area contributed by atoms with E-state index in [1.807, 2.05) is 0 Å². The van der Waals surface area contributed by atoms with Crippen LogP contribution in [-0.4, -0.2) is 66.5 Å². The lowest BCUT2D eigenvalue weighted by Gasteiger charge is -2.21. The summed E-state index contributed by atoms with van der Waals surface area (Å²) in [4.78, 5) is 48.6. The molecule has 11 nitrogen and oxygen atoms in total. The van der Waals surface area contributed by atoms with Gasteiger partial charge in [0.1, 0.15) is 12.7 Å². The highest BCUT2D eigenvalue weighted by Gasteiger charge is 2.28. The largest absolute Gasteiger partial charge is 0.472 e. The Bertz CT molecular complexity index is 1740. The molecule has 2 N–H and O–H groups in total. The molecule has 0 saturated heterocycles. The summed E-state index contributed by atoms with van der Waals surface area (Å²) in [5.74, 6) is -1.53. The lowest BCUT2D eigenvalue weighted by Crippen LogP contribution is -2.30. The molecule has 0 saturated carbocycles. The van der Waals surface area contributed by atoms with Gasteiger partial charge in [-0.05, 0) is 122 Å². The van der Waals surface area contributed by atoms with E-state index < -0.39 is 57.8 Å². The van der Waals surface area contributed by atoms with Crippen LogP contribution in [0, 0.1) is 0 Å². The first-order valence-electron chi connectivity index (χ1n) is 29.4. The molecule has 0 heterocycles. The monoisotopic (exact) mass is 1080 g/mol. The van der Waals surface area contributed by atoms with Crippen LogP contribution in [-0.2, 0) is 42.2 Å². The van der Waals surface area contributed by atoms with Crippen molar-refractivity contribution in [2.24, 2.45) is 0 Å². The highest BCUT2D eigenvalue weighted by Crippen LogP contribution is 2.43. The molecule has 0 spiro atoms.